The van der Waals surface area contributed by atoms with Gasteiger partial charge in [0, 0.05) is 38.9 Å². The number of alkyl halides is 2. The van der Waals surface area contributed by atoms with E-state index < -0.39 is 0 Å². The average Bonchev–Trinajstić information content (AvgIpc) is 1.87. The van der Waals surface area contributed by atoms with E-state index in [-0.39, 0.29) is 12.4 Å². The van der Waals surface area contributed by atoms with E-state index in [1.54, 1.807) is 0 Å². The molecule has 0 spiro atoms. The van der Waals surface area contributed by atoms with Crippen molar-refractivity contribution in [3.8, 4) is 0 Å². The summed E-state index contributed by atoms with van der Waals surface area (Å²) in [5.74, 6) is 1.30. The van der Waals surface area contributed by atoms with Gasteiger partial charge in [0.25, 0.3) is 0 Å². The third-order valence-corrected chi connectivity index (χ3v) is 1.59. The van der Waals surface area contributed by atoms with Gasteiger partial charge in [0.05, 0.1) is 0 Å². The molecule has 0 radical (unpaired) electrons. The van der Waals surface area contributed by atoms with E-state index in [0.717, 1.165) is 13.1 Å². The highest BCUT2D eigenvalue weighted by atomic mass is 35.5. The molecule has 0 heterocycles. The molecule has 0 aromatic heterocycles. The van der Waals surface area contributed by atoms with Crippen LogP contribution in [0.2, 0.25) is 0 Å². The van der Waals surface area contributed by atoms with Crippen LogP contribution in [0.25, 0.3) is 0 Å². The van der Waals surface area contributed by atoms with Crippen molar-refractivity contribution in [1.82, 2.24) is 10.0 Å². The predicted octanol–water partition coefficient (Wildman–Crippen LogP) is 1.66. The quantitative estimate of drug-likeness (QED) is 0.515. The number of nitrogens with zero attached hydrogens (tertiary/aromatic N) is 2. The van der Waals surface area contributed by atoms with Crippen LogP contribution in [0.1, 0.15) is 0 Å². The summed E-state index contributed by atoms with van der Waals surface area (Å²) in [5.41, 5.74) is 0. The summed E-state index contributed by atoms with van der Waals surface area (Å²) in [5, 5.41) is 4.10. The van der Waals surface area contributed by atoms with E-state index in [1.165, 1.54) is 0 Å². The fourth-order valence-corrected chi connectivity index (χ4v) is 1.10. The van der Waals surface area contributed by atoms with Crippen molar-refractivity contribution in [1.29, 1.82) is 0 Å². The molecule has 0 aromatic carbocycles. The minimum Gasteiger partial charge on any atom is -0.248 e. The van der Waals surface area contributed by atoms with Gasteiger partial charge in [0.15, 0.2) is 0 Å². The highest BCUT2D eigenvalue weighted by Gasteiger charge is 2.03. The van der Waals surface area contributed by atoms with Crippen LogP contribution in [-0.4, -0.2) is 49.0 Å². The van der Waals surface area contributed by atoms with E-state index in [0.29, 0.717) is 11.8 Å². The molecule has 0 fully saturated rings. The minimum absolute atomic E-state index is 0. The van der Waals surface area contributed by atoms with Crippen LogP contribution >= 0.6 is 35.6 Å². The maximum atomic E-state index is 5.56. The van der Waals surface area contributed by atoms with Crippen LogP contribution in [0.5, 0.6) is 0 Å². The van der Waals surface area contributed by atoms with Gasteiger partial charge in [-0.1, -0.05) is 0 Å². The summed E-state index contributed by atoms with van der Waals surface area (Å²) >= 11 is 11.1. The Labute approximate surface area is 84.8 Å². The van der Waals surface area contributed by atoms with Gasteiger partial charge in [-0.05, 0) is 0 Å². The molecule has 0 rings (SSSR count). The van der Waals surface area contributed by atoms with Crippen LogP contribution in [0.3, 0.4) is 0 Å². The minimum atomic E-state index is 0. The summed E-state index contributed by atoms with van der Waals surface area (Å²) in [6.07, 6.45) is 0. The number of halogens is 3. The molecule has 5 heteroatoms. The number of hydrogen-bond donors (Lipinski definition) is 0. The smallest absolute Gasteiger partial charge is 0.0365 e. The molecule has 0 aliphatic carbocycles. The molecule has 0 N–H and O–H groups in total. The Balaban J connectivity index is 0. The molecule has 0 aliphatic heterocycles. The first kappa shape index (κ1) is 14.3. The first-order valence-electron chi connectivity index (χ1n) is 3.26. The zero-order valence-corrected chi connectivity index (χ0v) is 9.22. The lowest BCUT2D eigenvalue weighted by atomic mass is 10.6. The zero-order chi connectivity index (χ0) is 7.98. The molecule has 0 saturated carbocycles. The van der Waals surface area contributed by atoms with Gasteiger partial charge in [-0.2, -0.15) is 0 Å². The van der Waals surface area contributed by atoms with Crippen molar-refractivity contribution in [2.45, 2.75) is 0 Å². The molecule has 2 nitrogen and oxygen atoms in total. The molecule has 0 atom stereocenters. The third kappa shape index (κ3) is 7.16. The molecule has 0 amide bonds. The SMILES string of the molecule is CN(C)N(CCCl)CCCl.Cl. The molecule has 0 aliphatic rings. The van der Waals surface area contributed by atoms with Crippen molar-refractivity contribution in [3.05, 3.63) is 0 Å². The standard InChI is InChI=1S/C6H14Cl2N2.ClH/c1-9(2)10(5-3-7)6-4-8;/h3-6H2,1-2H3;1H. The monoisotopic (exact) mass is 220 g/mol. The lowest BCUT2D eigenvalue weighted by Gasteiger charge is -2.26. The maximum absolute atomic E-state index is 5.56. The highest BCUT2D eigenvalue weighted by molar-refractivity contribution is 6.18. The van der Waals surface area contributed by atoms with Gasteiger partial charge >= 0.3 is 0 Å². The Morgan fingerprint density at radius 2 is 1.36 bits per heavy atom. The molecular formula is C6H15Cl3N2. The number of hydrazine groups is 1. The Morgan fingerprint density at radius 1 is 1.00 bits per heavy atom. The summed E-state index contributed by atoms with van der Waals surface area (Å²) in [6, 6.07) is 0. The van der Waals surface area contributed by atoms with Gasteiger partial charge in [-0.3, -0.25) is 0 Å². The number of rotatable bonds is 5. The van der Waals surface area contributed by atoms with Gasteiger partial charge in [-0.25, -0.2) is 10.0 Å². The Hall–Kier alpha value is 0.790. The second-order valence-corrected chi connectivity index (χ2v) is 2.93. The van der Waals surface area contributed by atoms with Crippen molar-refractivity contribution in [3.63, 3.8) is 0 Å². The van der Waals surface area contributed by atoms with Gasteiger partial charge < -0.3 is 0 Å². The second kappa shape index (κ2) is 8.88. The number of hydrogen-bond acceptors (Lipinski definition) is 2. The predicted molar refractivity (Wildman–Crippen MR) is 53.9 cm³/mol. The highest BCUT2D eigenvalue weighted by Crippen LogP contribution is 1.93. The van der Waals surface area contributed by atoms with Gasteiger partial charge in [0.1, 0.15) is 0 Å². The lowest BCUT2D eigenvalue weighted by molar-refractivity contribution is 0.0391. The molecule has 11 heavy (non-hydrogen) atoms. The van der Waals surface area contributed by atoms with E-state index in [9.17, 15) is 0 Å². The first-order chi connectivity index (χ1) is 4.72. The Kier molecular flexibility index (Phi) is 11.6. The molecule has 0 saturated heterocycles. The van der Waals surface area contributed by atoms with Crippen molar-refractivity contribution in [2.24, 2.45) is 0 Å². The summed E-state index contributed by atoms with van der Waals surface area (Å²) in [4.78, 5) is 0. The molecule has 0 aromatic rings. The Morgan fingerprint density at radius 3 is 1.55 bits per heavy atom. The zero-order valence-electron chi connectivity index (χ0n) is 6.89. The second-order valence-electron chi connectivity index (χ2n) is 2.18. The largest absolute Gasteiger partial charge is 0.248 e. The van der Waals surface area contributed by atoms with Crippen molar-refractivity contribution in [2.75, 3.05) is 38.9 Å². The van der Waals surface area contributed by atoms with E-state index >= 15 is 0 Å². The summed E-state index contributed by atoms with van der Waals surface area (Å²) < 4.78 is 0. The average molecular weight is 222 g/mol. The van der Waals surface area contributed by atoms with Gasteiger partial charge in [-0.15, -0.1) is 35.6 Å². The van der Waals surface area contributed by atoms with Gasteiger partial charge in [0.2, 0.25) is 0 Å². The topological polar surface area (TPSA) is 6.48 Å². The summed E-state index contributed by atoms with van der Waals surface area (Å²) in [7, 11) is 3.97. The van der Waals surface area contributed by atoms with Crippen LogP contribution in [-0.2, 0) is 0 Å². The molecule has 0 unspecified atom stereocenters. The normalized spacial score (nSPS) is 10.4. The third-order valence-electron chi connectivity index (χ3n) is 1.25. The van der Waals surface area contributed by atoms with Crippen LogP contribution in [0.15, 0.2) is 0 Å². The van der Waals surface area contributed by atoms with Crippen molar-refractivity contribution >= 4 is 35.6 Å². The summed E-state index contributed by atoms with van der Waals surface area (Å²) in [6.45, 7) is 1.72. The van der Waals surface area contributed by atoms with Crippen LogP contribution in [0.4, 0.5) is 0 Å². The van der Waals surface area contributed by atoms with E-state index in [4.69, 9.17) is 23.2 Å². The maximum Gasteiger partial charge on any atom is 0.0365 e. The van der Waals surface area contributed by atoms with Crippen LogP contribution in [0, 0.1) is 0 Å². The van der Waals surface area contributed by atoms with E-state index in [2.05, 4.69) is 5.01 Å². The van der Waals surface area contributed by atoms with Crippen LogP contribution < -0.4 is 0 Å². The molecule has 0 bridgehead atoms. The van der Waals surface area contributed by atoms with Crippen molar-refractivity contribution < 1.29 is 0 Å². The van der Waals surface area contributed by atoms with E-state index in [1.807, 2.05) is 19.1 Å². The Bertz CT molecular complexity index is 74.2. The fourth-order valence-electron chi connectivity index (χ4n) is 0.707. The molecular weight excluding hydrogens is 206 g/mol. The fraction of sp³-hybridized carbons (Fsp3) is 1.00. The lowest BCUT2D eigenvalue weighted by Crippen LogP contribution is -2.39. The molecule has 70 valence electrons. The first-order valence-corrected chi connectivity index (χ1v) is 4.33.